The number of hydrogen-bond donors (Lipinski definition) is 1. The van der Waals surface area contributed by atoms with E-state index in [1.165, 1.54) is 5.56 Å². The van der Waals surface area contributed by atoms with E-state index in [-0.39, 0.29) is 5.92 Å². The van der Waals surface area contributed by atoms with Crippen LogP contribution in [-0.2, 0) is 4.79 Å². The Morgan fingerprint density at radius 1 is 1.44 bits per heavy atom. The van der Waals surface area contributed by atoms with Crippen LogP contribution in [0.5, 0.6) is 0 Å². The molecule has 2 rings (SSSR count). The number of rotatable bonds is 4. The van der Waals surface area contributed by atoms with E-state index in [9.17, 15) is 4.79 Å². The molecule has 3 atom stereocenters. The normalized spacial score (nSPS) is 26.1. The monoisotopic (exact) mass is 247 g/mol. The van der Waals surface area contributed by atoms with E-state index in [0.29, 0.717) is 18.5 Å². The summed E-state index contributed by atoms with van der Waals surface area (Å²) < 4.78 is 0. The van der Waals surface area contributed by atoms with Gasteiger partial charge in [0.2, 0.25) is 0 Å². The van der Waals surface area contributed by atoms with Gasteiger partial charge in [-0.3, -0.25) is 9.69 Å². The number of benzene rings is 1. The topological polar surface area (TPSA) is 40.5 Å². The summed E-state index contributed by atoms with van der Waals surface area (Å²) >= 11 is 0. The molecule has 0 radical (unpaired) electrons. The Labute approximate surface area is 108 Å². The second kappa shape index (κ2) is 5.53. The van der Waals surface area contributed by atoms with Crippen molar-refractivity contribution in [3.8, 4) is 0 Å². The summed E-state index contributed by atoms with van der Waals surface area (Å²) in [6.45, 7) is 5.35. The van der Waals surface area contributed by atoms with E-state index >= 15 is 0 Å². The van der Waals surface area contributed by atoms with Crippen molar-refractivity contribution in [3.05, 3.63) is 35.9 Å². The summed E-state index contributed by atoms with van der Waals surface area (Å²) in [5, 5.41) is 8.92. The number of aliphatic carboxylic acids is 1. The predicted octanol–water partition coefficient (Wildman–Crippen LogP) is 2.93. The zero-order chi connectivity index (χ0) is 13.1. The van der Waals surface area contributed by atoms with Crippen LogP contribution in [0.3, 0.4) is 0 Å². The molecule has 0 aliphatic carbocycles. The second-order valence-electron chi connectivity index (χ2n) is 5.21. The predicted molar refractivity (Wildman–Crippen MR) is 71.4 cm³/mol. The molecule has 0 aromatic heterocycles. The van der Waals surface area contributed by atoms with Crippen LogP contribution in [-0.4, -0.2) is 28.6 Å². The Morgan fingerprint density at radius 3 is 2.72 bits per heavy atom. The first-order valence-electron chi connectivity index (χ1n) is 6.62. The summed E-state index contributed by atoms with van der Waals surface area (Å²) in [5.74, 6) is -0.394. The molecule has 3 unspecified atom stereocenters. The van der Waals surface area contributed by atoms with E-state index in [0.717, 1.165) is 13.0 Å². The third-order valence-corrected chi connectivity index (χ3v) is 4.18. The number of carbonyl (C=O) groups is 1. The highest BCUT2D eigenvalue weighted by atomic mass is 16.4. The van der Waals surface area contributed by atoms with Crippen molar-refractivity contribution in [2.24, 2.45) is 5.92 Å². The van der Waals surface area contributed by atoms with Crippen molar-refractivity contribution < 1.29 is 9.90 Å². The summed E-state index contributed by atoms with van der Waals surface area (Å²) in [6, 6.07) is 11.1. The zero-order valence-corrected chi connectivity index (χ0v) is 11.0. The Bertz CT molecular complexity index is 404. The maximum Gasteiger partial charge on any atom is 0.303 e. The first kappa shape index (κ1) is 13.1. The van der Waals surface area contributed by atoms with Gasteiger partial charge in [-0.15, -0.1) is 0 Å². The van der Waals surface area contributed by atoms with Gasteiger partial charge >= 0.3 is 5.97 Å². The Hall–Kier alpha value is -1.35. The highest BCUT2D eigenvalue weighted by Gasteiger charge is 2.34. The Kier molecular flexibility index (Phi) is 4.02. The van der Waals surface area contributed by atoms with Crippen LogP contribution in [0, 0.1) is 5.92 Å². The number of carboxylic acids is 1. The van der Waals surface area contributed by atoms with Crippen molar-refractivity contribution in [2.75, 3.05) is 6.54 Å². The molecule has 0 spiro atoms. The number of carboxylic acid groups (broad SMARTS) is 1. The van der Waals surface area contributed by atoms with Crippen molar-refractivity contribution in [1.29, 1.82) is 0 Å². The maximum atomic E-state index is 10.8. The lowest BCUT2D eigenvalue weighted by atomic mass is 9.97. The molecule has 1 saturated heterocycles. The number of likely N-dealkylation sites (tertiary alicyclic amines) is 1. The van der Waals surface area contributed by atoms with Crippen LogP contribution in [0.4, 0.5) is 0 Å². The van der Waals surface area contributed by atoms with Crippen LogP contribution in [0.15, 0.2) is 30.3 Å². The molecule has 0 saturated carbocycles. The zero-order valence-electron chi connectivity index (χ0n) is 11.0. The number of nitrogens with zero attached hydrogens (tertiary/aromatic N) is 1. The molecule has 1 heterocycles. The fourth-order valence-corrected chi connectivity index (χ4v) is 3.00. The summed E-state index contributed by atoms with van der Waals surface area (Å²) in [4.78, 5) is 13.2. The Balaban J connectivity index is 2.05. The first-order valence-corrected chi connectivity index (χ1v) is 6.62. The Morgan fingerprint density at radius 2 is 2.11 bits per heavy atom. The highest BCUT2D eigenvalue weighted by Crippen LogP contribution is 2.33. The first-order chi connectivity index (χ1) is 8.59. The largest absolute Gasteiger partial charge is 0.481 e. The second-order valence-corrected chi connectivity index (χ2v) is 5.21. The summed E-state index contributed by atoms with van der Waals surface area (Å²) in [5.41, 5.74) is 1.31. The third-order valence-electron chi connectivity index (χ3n) is 4.18. The molecule has 98 valence electrons. The van der Waals surface area contributed by atoms with E-state index in [1.807, 2.05) is 6.07 Å². The molecular formula is C15H21NO2. The smallest absolute Gasteiger partial charge is 0.303 e. The molecule has 1 N–H and O–H groups in total. The van der Waals surface area contributed by atoms with E-state index in [4.69, 9.17) is 5.11 Å². The minimum absolute atomic E-state index is 0.286. The lowest BCUT2D eigenvalue weighted by Crippen LogP contribution is -2.33. The van der Waals surface area contributed by atoms with Crippen molar-refractivity contribution in [2.45, 2.75) is 38.8 Å². The fraction of sp³-hybridized carbons (Fsp3) is 0.533. The van der Waals surface area contributed by atoms with Crippen LogP contribution in [0.1, 0.15) is 38.3 Å². The van der Waals surface area contributed by atoms with Gasteiger partial charge in [-0.1, -0.05) is 30.3 Å². The minimum atomic E-state index is -0.680. The van der Waals surface area contributed by atoms with Gasteiger partial charge in [-0.25, -0.2) is 0 Å². The van der Waals surface area contributed by atoms with Crippen molar-refractivity contribution in [3.63, 3.8) is 0 Å². The van der Waals surface area contributed by atoms with Gasteiger partial charge in [0, 0.05) is 18.5 Å². The SMILES string of the molecule is CC(c1ccccc1)N1CCC(CC(=O)O)C1C. The molecule has 1 aromatic carbocycles. The molecule has 0 amide bonds. The third kappa shape index (κ3) is 2.72. The summed E-state index contributed by atoms with van der Waals surface area (Å²) in [6.07, 6.45) is 1.28. The molecule has 18 heavy (non-hydrogen) atoms. The van der Waals surface area contributed by atoms with Gasteiger partial charge in [0.1, 0.15) is 0 Å². The molecule has 1 aliphatic heterocycles. The van der Waals surface area contributed by atoms with Gasteiger partial charge in [0.05, 0.1) is 0 Å². The van der Waals surface area contributed by atoms with E-state index in [2.05, 4.69) is 43.0 Å². The lowest BCUT2D eigenvalue weighted by molar-refractivity contribution is -0.138. The van der Waals surface area contributed by atoms with Crippen molar-refractivity contribution in [1.82, 2.24) is 4.90 Å². The van der Waals surface area contributed by atoms with Crippen LogP contribution in [0.2, 0.25) is 0 Å². The molecule has 3 heteroatoms. The molecular weight excluding hydrogens is 226 g/mol. The quantitative estimate of drug-likeness (QED) is 0.889. The lowest BCUT2D eigenvalue weighted by Gasteiger charge is -2.30. The molecule has 1 aliphatic rings. The molecule has 0 bridgehead atoms. The van der Waals surface area contributed by atoms with E-state index in [1.54, 1.807) is 0 Å². The van der Waals surface area contributed by atoms with Gasteiger partial charge in [-0.2, -0.15) is 0 Å². The highest BCUT2D eigenvalue weighted by molar-refractivity contribution is 5.67. The average Bonchev–Trinajstić information content (AvgIpc) is 2.71. The molecule has 1 fully saturated rings. The van der Waals surface area contributed by atoms with Crippen LogP contribution in [0.25, 0.3) is 0 Å². The van der Waals surface area contributed by atoms with Gasteiger partial charge in [0.25, 0.3) is 0 Å². The van der Waals surface area contributed by atoms with E-state index < -0.39 is 5.97 Å². The number of hydrogen-bond acceptors (Lipinski definition) is 2. The minimum Gasteiger partial charge on any atom is -0.481 e. The fourth-order valence-electron chi connectivity index (χ4n) is 3.00. The van der Waals surface area contributed by atoms with Crippen LogP contribution < -0.4 is 0 Å². The van der Waals surface area contributed by atoms with Gasteiger partial charge in [0.15, 0.2) is 0 Å². The standard InChI is InChI=1S/C15H21NO2/c1-11(13-6-4-3-5-7-13)16-9-8-14(12(16)2)10-15(17)18/h3-7,11-12,14H,8-10H2,1-2H3,(H,17,18). The average molecular weight is 247 g/mol. The molecule has 3 nitrogen and oxygen atoms in total. The van der Waals surface area contributed by atoms with Gasteiger partial charge < -0.3 is 5.11 Å². The molecule has 1 aromatic rings. The van der Waals surface area contributed by atoms with Crippen molar-refractivity contribution >= 4 is 5.97 Å². The summed E-state index contributed by atoms with van der Waals surface area (Å²) in [7, 11) is 0. The maximum absolute atomic E-state index is 10.8. The van der Waals surface area contributed by atoms with Crippen LogP contribution >= 0.6 is 0 Å². The van der Waals surface area contributed by atoms with Gasteiger partial charge in [-0.05, 0) is 38.3 Å².